The fourth-order valence-electron chi connectivity index (χ4n) is 1.45. The van der Waals surface area contributed by atoms with E-state index in [-0.39, 0.29) is 0 Å². The molecule has 0 aliphatic carbocycles. The lowest BCUT2D eigenvalue weighted by atomic mass is 10.3. The van der Waals surface area contributed by atoms with E-state index in [1.54, 1.807) is 19.5 Å². The van der Waals surface area contributed by atoms with Gasteiger partial charge in [-0.15, -0.1) is 0 Å². The second-order valence-electron chi connectivity index (χ2n) is 3.63. The first-order valence-corrected chi connectivity index (χ1v) is 6.17. The Labute approximate surface area is 114 Å². The molecule has 94 valence electrons. The van der Waals surface area contributed by atoms with E-state index in [1.807, 2.05) is 24.3 Å². The number of nitrogens with two attached hydrogens (primary N) is 1. The Kier molecular flexibility index (Phi) is 4.17. The topological polar surface area (TPSA) is 57.4 Å². The van der Waals surface area contributed by atoms with Gasteiger partial charge in [0.15, 0.2) is 0 Å². The molecule has 0 saturated carbocycles. The quantitative estimate of drug-likeness (QED) is 0.943. The molecule has 2 rings (SSSR count). The van der Waals surface area contributed by atoms with Crippen LogP contribution in [0.2, 0.25) is 0 Å². The number of methoxy groups -OCH3 is 1. The summed E-state index contributed by atoms with van der Waals surface area (Å²) >= 11 is 3.43. The Morgan fingerprint density at radius 1 is 1.22 bits per heavy atom. The second kappa shape index (κ2) is 5.84. The Bertz CT molecular complexity index is 546. The highest BCUT2D eigenvalue weighted by Gasteiger charge is 2.05. The molecule has 0 unspecified atom stereocenters. The zero-order valence-electron chi connectivity index (χ0n) is 9.89. The molecule has 0 spiro atoms. The zero-order chi connectivity index (χ0) is 13.0. The van der Waals surface area contributed by atoms with Gasteiger partial charge in [-0.25, -0.2) is 0 Å². The molecule has 18 heavy (non-hydrogen) atoms. The lowest BCUT2D eigenvalue weighted by molar-refractivity contribution is 0.412. The van der Waals surface area contributed by atoms with Gasteiger partial charge < -0.3 is 15.2 Å². The summed E-state index contributed by atoms with van der Waals surface area (Å²) in [7, 11) is 1.62. The van der Waals surface area contributed by atoms with Gasteiger partial charge in [-0.05, 0) is 45.8 Å². The van der Waals surface area contributed by atoms with Crippen LogP contribution < -0.4 is 15.2 Å². The fraction of sp³-hybridized carbons (Fsp3) is 0.154. The van der Waals surface area contributed by atoms with Gasteiger partial charge in [-0.2, -0.15) is 0 Å². The van der Waals surface area contributed by atoms with E-state index in [2.05, 4.69) is 20.9 Å². The monoisotopic (exact) mass is 308 g/mol. The van der Waals surface area contributed by atoms with E-state index in [0.717, 1.165) is 15.8 Å². The number of pyridine rings is 1. The Balaban J connectivity index is 2.22. The van der Waals surface area contributed by atoms with Crippen molar-refractivity contribution in [3.63, 3.8) is 0 Å². The minimum Gasteiger partial charge on any atom is -0.497 e. The number of nitrogens with zero attached hydrogens (tertiary/aromatic N) is 1. The van der Waals surface area contributed by atoms with Crippen molar-refractivity contribution in [3.8, 4) is 17.2 Å². The van der Waals surface area contributed by atoms with E-state index < -0.39 is 0 Å². The van der Waals surface area contributed by atoms with Crippen LogP contribution in [0, 0.1) is 0 Å². The molecule has 1 heterocycles. The van der Waals surface area contributed by atoms with Gasteiger partial charge in [0.2, 0.25) is 0 Å². The molecule has 0 atom stereocenters. The Morgan fingerprint density at radius 2 is 2.06 bits per heavy atom. The molecule has 0 amide bonds. The van der Waals surface area contributed by atoms with E-state index in [9.17, 15) is 0 Å². The summed E-state index contributed by atoms with van der Waals surface area (Å²) in [6.07, 6.45) is 3.37. The van der Waals surface area contributed by atoms with Crippen LogP contribution in [0.1, 0.15) is 5.56 Å². The summed E-state index contributed by atoms with van der Waals surface area (Å²) < 4.78 is 11.7. The maximum atomic E-state index is 5.73. The first-order valence-electron chi connectivity index (χ1n) is 5.38. The highest BCUT2D eigenvalue weighted by molar-refractivity contribution is 9.10. The van der Waals surface area contributed by atoms with E-state index >= 15 is 0 Å². The van der Waals surface area contributed by atoms with Crippen molar-refractivity contribution < 1.29 is 9.47 Å². The predicted octanol–water partition coefficient (Wildman–Crippen LogP) is 3.10. The standard InChI is InChI=1S/C13H13BrN2O2/c1-17-10-2-3-13(12(14)5-10)18-11-4-9(6-15)7-16-8-11/h2-5,7-8H,6,15H2,1H3. The van der Waals surface area contributed by atoms with Gasteiger partial charge in [0.25, 0.3) is 0 Å². The molecule has 5 heteroatoms. The number of aromatic nitrogens is 1. The van der Waals surface area contributed by atoms with Crippen molar-refractivity contribution in [3.05, 3.63) is 46.7 Å². The maximum Gasteiger partial charge on any atom is 0.146 e. The number of hydrogen-bond donors (Lipinski definition) is 1. The van der Waals surface area contributed by atoms with Crippen LogP contribution in [-0.2, 0) is 6.54 Å². The minimum absolute atomic E-state index is 0.438. The van der Waals surface area contributed by atoms with Gasteiger partial charge in [0.05, 0.1) is 17.8 Å². The zero-order valence-corrected chi connectivity index (χ0v) is 11.5. The highest BCUT2D eigenvalue weighted by Crippen LogP contribution is 2.32. The smallest absolute Gasteiger partial charge is 0.146 e. The Morgan fingerprint density at radius 3 is 2.72 bits per heavy atom. The molecule has 0 radical (unpaired) electrons. The summed E-state index contributed by atoms with van der Waals surface area (Å²) in [6.45, 7) is 0.438. The van der Waals surface area contributed by atoms with Crippen molar-refractivity contribution in [1.29, 1.82) is 0 Å². The second-order valence-corrected chi connectivity index (χ2v) is 4.49. The third-order valence-corrected chi connectivity index (χ3v) is 2.99. The molecule has 0 saturated heterocycles. The first-order chi connectivity index (χ1) is 8.72. The van der Waals surface area contributed by atoms with Crippen molar-refractivity contribution in [2.24, 2.45) is 5.73 Å². The average Bonchev–Trinajstić information content (AvgIpc) is 2.41. The van der Waals surface area contributed by atoms with Crippen molar-refractivity contribution >= 4 is 15.9 Å². The number of halogens is 1. The summed E-state index contributed by atoms with van der Waals surface area (Å²) in [6, 6.07) is 7.37. The van der Waals surface area contributed by atoms with E-state index in [1.165, 1.54) is 0 Å². The van der Waals surface area contributed by atoms with Gasteiger partial charge >= 0.3 is 0 Å². The van der Waals surface area contributed by atoms with Gasteiger partial charge in [-0.3, -0.25) is 4.98 Å². The van der Waals surface area contributed by atoms with Crippen LogP contribution >= 0.6 is 15.9 Å². The number of ether oxygens (including phenoxy) is 2. The van der Waals surface area contributed by atoms with Gasteiger partial charge in [0.1, 0.15) is 17.2 Å². The molecule has 1 aromatic carbocycles. The van der Waals surface area contributed by atoms with Crippen LogP contribution in [0.5, 0.6) is 17.2 Å². The molecule has 2 aromatic rings. The predicted molar refractivity (Wildman–Crippen MR) is 72.9 cm³/mol. The lowest BCUT2D eigenvalue weighted by Crippen LogP contribution is -1.97. The van der Waals surface area contributed by atoms with E-state index in [4.69, 9.17) is 15.2 Å². The highest BCUT2D eigenvalue weighted by atomic mass is 79.9. The first kappa shape index (κ1) is 12.9. The SMILES string of the molecule is COc1ccc(Oc2cncc(CN)c2)c(Br)c1. The van der Waals surface area contributed by atoms with E-state index in [0.29, 0.717) is 18.0 Å². The third-order valence-electron chi connectivity index (χ3n) is 2.37. The van der Waals surface area contributed by atoms with Crippen LogP contribution in [0.15, 0.2) is 41.1 Å². The minimum atomic E-state index is 0.438. The van der Waals surface area contributed by atoms with Gasteiger partial charge in [-0.1, -0.05) is 0 Å². The fourth-order valence-corrected chi connectivity index (χ4v) is 1.89. The summed E-state index contributed by atoms with van der Waals surface area (Å²) in [5, 5.41) is 0. The van der Waals surface area contributed by atoms with Crippen LogP contribution in [0.4, 0.5) is 0 Å². The van der Waals surface area contributed by atoms with Crippen LogP contribution in [-0.4, -0.2) is 12.1 Å². The number of rotatable bonds is 4. The van der Waals surface area contributed by atoms with Crippen molar-refractivity contribution in [1.82, 2.24) is 4.98 Å². The summed E-state index contributed by atoms with van der Waals surface area (Å²) in [5.74, 6) is 2.12. The van der Waals surface area contributed by atoms with Gasteiger partial charge in [0, 0.05) is 12.7 Å². The molecular weight excluding hydrogens is 296 g/mol. The molecule has 1 aromatic heterocycles. The molecule has 4 nitrogen and oxygen atoms in total. The number of benzene rings is 1. The molecule has 0 aliphatic heterocycles. The molecular formula is C13H13BrN2O2. The van der Waals surface area contributed by atoms with Crippen molar-refractivity contribution in [2.75, 3.05) is 7.11 Å². The Hall–Kier alpha value is -1.59. The summed E-state index contributed by atoms with van der Waals surface area (Å²) in [5.41, 5.74) is 6.49. The summed E-state index contributed by atoms with van der Waals surface area (Å²) in [4.78, 5) is 4.07. The normalized spacial score (nSPS) is 10.2. The molecule has 0 bridgehead atoms. The van der Waals surface area contributed by atoms with Crippen molar-refractivity contribution in [2.45, 2.75) is 6.54 Å². The molecule has 0 fully saturated rings. The van der Waals surface area contributed by atoms with Crippen LogP contribution in [0.3, 0.4) is 0 Å². The molecule has 2 N–H and O–H groups in total. The largest absolute Gasteiger partial charge is 0.497 e. The average molecular weight is 309 g/mol. The maximum absolute atomic E-state index is 5.73. The number of hydrogen-bond acceptors (Lipinski definition) is 4. The van der Waals surface area contributed by atoms with Crippen LogP contribution in [0.25, 0.3) is 0 Å². The molecule has 0 aliphatic rings. The third kappa shape index (κ3) is 3.00. The lowest BCUT2D eigenvalue weighted by Gasteiger charge is -2.09.